The molecule has 0 radical (unpaired) electrons. The highest BCUT2D eigenvalue weighted by Crippen LogP contribution is 2.28. The molecule has 3 rings (SSSR count). The zero-order valence-corrected chi connectivity index (χ0v) is 11.0. The Bertz CT molecular complexity index is 506. The normalized spacial score (nSPS) is 14.8. The third kappa shape index (κ3) is 1.78. The van der Waals surface area contributed by atoms with Gasteiger partial charge in [-0.1, -0.05) is 39.8 Å². The fourth-order valence-electron chi connectivity index (χ4n) is 1.80. The van der Waals surface area contributed by atoms with E-state index in [0.717, 1.165) is 33.3 Å². The number of hydrogen-bond acceptors (Lipinski definition) is 3. The number of rotatable bonds is 1. The number of aromatic nitrogens is 3. The topological polar surface area (TPSA) is 30.7 Å². The van der Waals surface area contributed by atoms with Gasteiger partial charge in [0.2, 0.25) is 0 Å². The third-order valence-corrected chi connectivity index (χ3v) is 4.16. The van der Waals surface area contributed by atoms with Crippen LogP contribution in [0, 0.1) is 0 Å². The first-order valence-corrected chi connectivity index (χ1v) is 6.94. The quantitative estimate of drug-likeness (QED) is 0.809. The first-order valence-electron chi connectivity index (χ1n) is 5.16. The van der Waals surface area contributed by atoms with Gasteiger partial charge in [0.05, 0.1) is 0 Å². The van der Waals surface area contributed by atoms with Crippen LogP contribution < -0.4 is 0 Å². The Morgan fingerprint density at radius 2 is 2.00 bits per heavy atom. The average molecular weight is 296 g/mol. The van der Waals surface area contributed by atoms with E-state index in [1.54, 1.807) is 11.8 Å². The standard InChI is InChI=1S/C11H10BrN3S/c12-9-4-2-8(3-5-9)10-13-14-11-15(10)6-1-7-16-11/h2-5H,1,6-7H2. The van der Waals surface area contributed by atoms with Gasteiger partial charge in [-0.25, -0.2) is 0 Å². The average Bonchev–Trinajstić information content (AvgIpc) is 2.74. The van der Waals surface area contributed by atoms with Gasteiger partial charge < -0.3 is 4.57 Å². The van der Waals surface area contributed by atoms with Crippen molar-refractivity contribution in [1.82, 2.24) is 14.8 Å². The van der Waals surface area contributed by atoms with E-state index in [1.807, 2.05) is 12.1 Å². The number of thioether (sulfide) groups is 1. The van der Waals surface area contributed by atoms with Crippen LogP contribution in [0.15, 0.2) is 33.9 Å². The minimum Gasteiger partial charge on any atom is -0.302 e. The van der Waals surface area contributed by atoms with Crippen molar-refractivity contribution in [3.8, 4) is 11.4 Å². The predicted octanol–water partition coefficient (Wildman–Crippen LogP) is 3.20. The molecule has 0 fully saturated rings. The van der Waals surface area contributed by atoms with E-state index in [1.165, 1.54) is 6.42 Å². The summed E-state index contributed by atoms with van der Waals surface area (Å²) in [5.41, 5.74) is 1.13. The SMILES string of the molecule is Brc1ccc(-c2nnc3n2CCCS3)cc1. The molecule has 0 unspecified atom stereocenters. The third-order valence-electron chi connectivity index (χ3n) is 2.58. The first kappa shape index (κ1) is 10.4. The lowest BCUT2D eigenvalue weighted by atomic mass is 10.2. The molecule has 0 saturated heterocycles. The fraction of sp³-hybridized carbons (Fsp3) is 0.273. The van der Waals surface area contributed by atoms with E-state index >= 15 is 0 Å². The Morgan fingerprint density at radius 1 is 1.19 bits per heavy atom. The van der Waals surface area contributed by atoms with Crippen molar-refractivity contribution in [3.05, 3.63) is 28.7 Å². The summed E-state index contributed by atoms with van der Waals surface area (Å²) in [5, 5.41) is 9.54. The monoisotopic (exact) mass is 295 g/mol. The van der Waals surface area contributed by atoms with Crippen LogP contribution >= 0.6 is 27.7 Å². The molecule has 16 heavy (non-hydrogen) atoms. The van der Waals surface area contributed by atoms with Crippen LogP contribution in [-0.4, -0.2) is 20.5 Å². The Balaban J connectivity index is 2.06. The second kappa shape index (κ2) is 4.22. The predicted molar refractivity (Wildman–Crippen MR) is 68.5 cm³/mol. The maximum atomic E-state index is 4.27. The van der Waals surface area contributed by atoms with E-state index in [-0.39, 0.29) is 0 Å². The molecule has 3 nitrogen and oxygen atoms in total. The molecular formula is C11H10BrN3S. The lowest BCUT2D eigenvalue weighted by molar-refractivity contribution is 0.612. The number of fused-ring (bicyclic) bond motifs is 1. The summed E-state index contributed by atoms with van der Waals surface area (Å²) in [6, 6.07) is 8.21. The van der Waals surface area contributed by atoms with Crippen molar-refractivity contribution >= 4 is 27.7 Å². The Hall–Kier alpha value is -0.810. The molecule has 1 aliphatic heterocycles. The van der Waals surface area contributed by atoms with Gasteiger partial charge in [0, 0.05) is 22.3 Å². The molecule has 1 aliphatic rings. The minimum atomic E-state index is 0.981. The summed E-state index contributed by atoms with van der Waals surface area (Å²) in [6.45, 7) is 1.03. The molecule has 0 amide bonds. The number of benzene rings is 1. The molecule has 0 bridgehead atoms. The lowest BCUT2D eigenvalue weighted by Gasteiger charge is -2.13. The van der Waals surface area contributed by atoms with Crippen LogP contribution in [0.5, 0.6) is 0 Å². The van der Waals surface area contributed by atoms with Gasteiger partial charge in [-0.05, 0) is 18.6 Å². The number of hydrogen-bond donors (Lipinski definition) is 0. The second-order valence-corrected chi connectivity index (χ2v) is 5.64. The van der Waals surface area contributed by atoms with Gasteiger partial charge in [0.15, 0.2) is 11.0 Å². The highest BCUT2D eigenvalue weighted by atomic mass is 79.9. The van der Waals surface area contributed by atoms with Crippen molar-refractivity contribution in [1.29, 1.82) is 0 Å². The van der Waals surface area contributed by atoms with Crippen LogP contribution in [0.4, 0.5) is 0 Å². The Labute approximate surface area is 106 Å². The second-order valence-electron chi connectivity index (χ2n) is 3.67. The van der Waals surface area contributed by atoms with Crippen LogP contribution in [-0.2, 0) is 6.54 Å². The molecule has 0 saturated carbocycles. The zero-order valence-electron chi connectivity index (χ0n) is 8.56. The van der Waals surface area contributed by atoms with Gasteiger partial charge in [0.1, 0.15) is 0 Å². The maximum absolute atomic E-state index is 4.27. The molecule has 0 N–H and O–H groups in total. The van der Waals surface area contributed by atoms with Gasteiger partial charge >= 0.3 is 0 Å². The molecule has 2 heterocycles. The van der Waals surface area contributed by atoms with E-state index < -0.39 is 0 Å². The smallest absolute Gasteiger partial charge is 0.191 e. The van der Waals surface area contributed by atoms with Crippen molar-refractivity contribution in [3.63, 3.8) is 0 Å². The van der Waals surface area contributed by atoms with E-state index in [0.29, 0.717) is 0 Å². The maximum Gasteiger partial charge on any atom is 0.191 e. The summed E-state index contributed by atoms with van der Waals surface area (Å²) in [4.78, 5) is 0. The van der Waals surface area contributed by atoms with Crippen LogP contribution in [0.25, 0.3) is 11.4 Å². The zero-order chi connectivity index (χ0) is 11.0. The highest BCUT2D eigenvalue weighted by Gasteiger charge is 2.17. The van der Waals surface area contributed by atoms with E-state index in [4.69, 9.17) is 0 Å². The summed E-state index contributed by atoms with van der Waals surface area (Å²) in [5.74, 6) is 2.13. The van der Waals surface area contributed by atoms with E-state index in [2.05, 4.69) is 42.8 Å². The molecule has 1 aromatic carbocycles. The fourth-order valence-corrected chi connectivity index (χ4v) is 2.95. The lowest BCUT2D eigenvalue weighted by Crippen LogP contribution is -2.08. The Kier molecular flexibility index (Phi) is 2.73. The van der Waals surface area contributed by atoms with Crippen LogP contribution in [0.3, 0.4) is 0 Å². The molecule has 1 aromatic heterocycles. The van der Waals surface area contributed by atoms with Crippen molar-refractivity contribution in [2.75, 3.05) is 5.75 Å². The molecule has 2 aromatic rings. The summed E-state index contributed by atoms with van der Waals surface area (Å²) in [6.07, 6.45) is 1.19. The number of nitrogens with zero attached hydrogens (tertiary/aromatic N) is 3. The van der Waals surface area contributed by atoms with Gasteiger partial charge in [0.25, 0.3) is 0 Å². The van der Waals surface area contributed by atoms with Crippen molar-refractivity contribution in [2.45, 2.75) is 18.1 Å². The molecular weight excluding hydrogens is 286 g/mol. The highest BCUT2D eigenvalue weighted by molar-refractivity contribution is 9.10. The Morgan fingerprint density at radius 3 is 2.81 bits per heavy atom. The molecule has 82 valence electrons. The van der Waals surface area contributed by atoms with Crippen molar-refractivity contribution in [2.24, 2.45) is 0 Å². The molecule has 0 aliphatic carbocycles. The first-order chi connectivity index (χ1) is 7.84. The molecule has 0 spiro atoms. The van der Waals surface area contributed by atoms with Gasteiger partial charge in [-0.3, -0.25) is 0 Å². The van der Waals surface area contributed by atoms with Crippen LogP contribution in [0.1, 0.15) is 6.42 Å². The van der Waals surface area contributed by atoms with Gasteiger partial charge in [-0.15, -0.1) is 10.2 Å². The molecule has 5 heteroatoms. The molecule has 0 atom stereocenters. The van der Waals surface area contributed by atoms with Crippen LogP contribution in [0.2, 0.25) is 0 Å². The van der Waals surface area contributed by atoms with Crippen molar-refractivity contribution < 1.29 is 0 Å². The summed E-state index contributed by atoms with van der Waals surface area (Å²) < 4.78 is 3.29. The largest absolute Gasteiger partial charge is 0.302 e. The number of halogens is 1. The minimum absolute atomic E-state index is 0.981. The van der Waals surface area contributed by atoms with Gasteiger partial charge in [-0.2, -0.15) is 0 Å². The summed E-state index contributed by atoms with van der Waals surface area (Å²) >= 11 is 5.22. The summed E-state index contributed by atoms with van der Waals surface area (Å²) in [7, 11) is 0. The van der Waals surface area contributed by atoms with E-state index in [9.17, 15) is 0 Å².